The Morgan fingerprint density at radius 2 is 1.57 bits per heavy atom. The highest BCUT2D eigenvalue weighted by molar-refractivity contribution is 6.11. The van der Waals surface area contributed by atoms with E-state index in [1.165, 1.54) is 6.07 Å². The molecular weight excluding hydrogens is 351 g/mol. The first-order chi connectivity index (χ1) is 13.7. The molecule has 0 radical (unpaired) electrons. The van der Waals surface area contributed by atoms with Crippen LogP contribution >= 0.6 is 0 Å². The molecule has 0 aliphatic carbocycles. The Balaban J connectivity index is 1.71. The van der Waals surface area contributed by atoms with Gasteiger partial charge in [0.1, 0.15) is 11.5 Å². The fourth-order valence-electron chi connectivity index (χ4n) is 4.16. The molecule has 1 aliphatic rings. The molecule has 0 N–H and O–H groups in total. The minimum absolute atomic E-state index is 0.0704. The summed E-state index contributed by atoms with van der Waals surface area (Å²) in [4.78, 5) is 15.3. The number of amides is 1. The van der Waals surface area contributed by atoms with Gasteiger partial charge in [0.15, 0.2) is 0 Å². The summed E-state index contributed by atoms with van der Waals surface area (Å²) in [6.45, 7) is 1.05. The van der Waals surface area contributed by atoms with Gasteiger partial charge >= 0.3 is 0 Å². The van der Waals surface area contributed by atoms with Gasteiger partial charge in [0.25, 0.3) is 5.91 Å². The fourth-order valence-corrected chi connectivity index (χ4v) is 4.16. The number of benzene rings is 3. The van der Waals surface area contributed by atoms with Crippen molar-refractivity contribution in [2.24, 2.45) is 0 Å². The smallest absolute Gasteiger partial charge is 0.275 e. The van der Waals surface area contributed by atoms with Gasteiger partial charge in [-0.25, -0.2) is 4.39 Å². The molecule has 3 nitrogen and oxygen atoms in total. The fraction of sp³-hybridized carbons (Fsp3) is 0.125. The number of carbonyl (C=O) groups excluding carboxylic acids is 1. The molecule has 0 unspecified atom stereocenters. The van der Waals surface area contributed by atoms with E-state index in [1.807, 2.05) is 71.3 Å². The molecule has 0 spiro atoms. The van der Waals surface area contributed by atoms with Crippen molar-refractivity contribution < 1.29 is 9.18 Å². The normalized spacial score (nSPS) is 13.8. The van der Waals surface area contributed by atoms with Crippen LogP contribution in [-0.4, -0.2) is 17.0 Å². The van der Waals surface area contributed by atoms with Crippen molar-refractivity contribution in [2.75, 3.05) is 11.4 Å². The number of para-hydroxylation sites is 2. The molecule has 0 atom stereocenters. The Morgan fingerprint density at radius 3 is 2.32 bits per heavy atom. The van der Waals surface area contributed by atoms with E-state index in [-0.39, 0.29) is 11.7 Å². The zero-order valence-electron chi connectivity index (χ0n) is 15.3. The van der Waals surface area contributed by atoms with Crippen LogP contribution < -0.4 is 4.90 Å². The van der Waals surface area contributed by atoms with Gasteiger partial charge in [-0.05, 0) is 35.7 Å². The molecule has 1 aromatic heterocycles. The zero-order valence-corrected chi connectivity index (χ0v) is 15.3. The Bertz CT molecular complexity index is 1170. The van der Waals surface area contributed by atoms with Crippen molar-refractivity contribution in [3.8, 4) is 0 Å². The van der Waals surface area contributed by atoms with Crippen LogP contribution in [0.2, 0.25) is 0 Å². The quantitative estimate of drug-likeness (QED) is 0.496. The van der Waals surface area contributed by atoms with Crippen molar-refractivity contribution >= 4 is 22.5 Å². The molecule has 4 heteroatoms. The lowest BCUT2D eigenvalue weighted by Crippen LogP contribution is -2.38. The number of hydrogen-bond acceptors (Lipinski definition) is 1. The van der Waals surface area contributed by atoms with Gasteiger partial charge in [0.05, 0.1) is 5.52 Å². The number of anilines is 1. The molecule has 0 bridgehead atoms. The Morgan fingerprint density at radius 1 is 0.857 bits per heavy atom. The van der Waals surface area contributed by atoms with Crippen LogP contribution in [0, 0.1) is 5.82 Å². The first kappa shape index (κ1) is 16.8. The number of hydrogen-bond donors (Lipinski definition) is 0. The lowest BCUT2D eigenvalue weighted by atomic mass is 10.0. The maximum absolute atomic E-state index is 14.8. The SMILES string of the molecule is O=C1c2c(c3cccc(F)c3n2Cc2ccccc2)CCN1c1ccccc1. The van der Waals surface area contributed by atoms with Crippen LogP contribution in [0.4, 0.5) is 10.1 Å². The molecule has 0 saturated heterocycles. The maximum atomic E-state index is 14.8. The van der Waals surface area contributed by atoms with E-state index in [4.69, 9.17) is 0 Å². The van der Waals surface area contributed by atoms with E-state index in [9.17, 15) is 9.18 Å². The molecule has 1 aliphatic heterocycles. The van der Waals surface area contributed by atoms with Gasteiger partial charge < -0.3 is 9.47 Å². The molecular formula is C24H19FN2O. The molecule has 0 saturated carbocycles. The summed E-state index contributed by atoms with van der Waals surface area (Å²) < 4.78 is 16.7. The second-order valence-electron chi connectivity index (χ2n) is 7.08. The molecule has 0 fully saturated rings. The van der Waals surface area contributed by atoms with Crippen LogP contribution in [-0.2, 0) is 13.0 Å². The van der Waals surface area contributed by atoms with Gasteiger partial charge in [0.2, 0.25) is 0 Å². The number of fused-ring (bicyclic) bond motifs is 3. The molecule has 138 valence electrons. The number of aromatic nitrogens is 1. The van der Waals surface area contributed by atoms with Crippen LogP contribution in [0.5, 0.6) is 0 Å². The average Bonchev–Trinajstić information content (AvgIpc) is 3.05. The lowest BCUT2D eigenvalue weighted by Gasteiger charge is -2.28. The number of nitrogens with zero attached hydrogens (tertiary/aromatic N) is 2. The standard InChI is InChI=1S/C24H19FN2O/c25-21-13-7-12-19-20-14-15-26(18-10-5-2-6-11-18)24(28)23(20)27(22(19)21)16-17-8-3-1-4-9-17/h1-13H,14-16H2. The average molecular weight is 370 g/mol. The van der Waals surface area contributed by atoms with E-state index in [0.717, 1.165) is 22.2 Å². The van der Waals surface area contributed by atoms with E-state index in [1.54, 1.807) is 11.0 Å². The molecule has 28 heavy (non-hydrogen) atoms. The second-order valence-corrected chi connectivity index (χ2v) is 7.08. The van der Waals surface area contributed by atoms with Crippen LogP contribution in [0.1, 0.15) is 21.6 Å². The van der Waals surface area contributed by atoms with E-state index < -0.39 is 0 Å². The van der Waals surface area contributed by atoms with Gasteiger partial charge in [-0.1, -0.05) is 60.7 Å². The van der Waals surface area contributed by atoms with Gasteiger partial charge in [0, 0.05) is 24.2 Å². The Hall–Kier alpha value is -3.40. The summed E-state index contributed by atoms with van der Waals surface area (Å²) in [5.74, 6) is -0.360. The van der Waals surface area contributed by atoms with Gasteiger partial charge in [-0.2, -0.15) is 0 Å². The van der Waals surface area contributed by atoms with E-state index in [0.29, 0.717) is 30.7 Å². The summed E-state index contributed by atoms with van der Waals surface area (Å²) in [6.07, 6.45) is 0.706. The first-order valence-electron chi connectivity index (χ1n) is 9.44. The highest BCUT2D eigenvalue weighted by Gasteiger charge is 2.32. The zero-order chi connectivity index (χ0) is 19.1. The minimum Gasteiger partial charge on any atom is -0.329 e. The predicted molar refractivity (Wildman–Crippen MR) is 109 cm³/mol. The largest absolute Gasteiger partial charge is 0.329 e. The van der Waals surface area contributed by atoms with Gasteiger partial charge in [-0.3, -0.25) is 4.79 Å². The van der Waals surface area contributed by atoms with E-state index >= 15 is 0 Å². The highest BCUT2D eigenvalue weighted by atomic mass is 19.1. The Kier molecular flexibility index (Phi) is 3.97. The highest BCUT2D eigenvalue weighted by Crippen LogP contribution is 2.34. The third kappa shape index (κ3) is 2.61. The summed E-state index contributed by atoms with van der Waals surface area (Å²) in [7, 11) is 0. The number of rotatable bonds is 3. The monoisotopic (exact) mass is 370 g/mol. The third-order valence-corrected chi connectivity index (χ3v) is 5.42. The lowest BCUT2D eigenvalue weighted by molar-refractivity contribution is 0.0972. The van der Waals surface area contributed by atoms with Crippen LogP contribution in [0.3, 0.4) is 0 Å². The van der Waals surface area contributed by atoms with Crippen LogP contribution in [0.25, 0.3) is 10.9 Å². The predicted octanol–water partition coefficient (Wildman–Crippen LogP) is 5.03. The summed E-state index contributed by atoms with van der Waals surface area (Å²) >= 11 is 0. The topological polar surface area (TPSA) is 25.2 Å². The molecule has 1 amide bonds. The van der Waals surface area contributed by atoms with Crippen LogP contribution in [0.15, 0.2) is 78.9 Å². The molecule has 2 heterocycles. The second kappa shape index (κ2) is 6.64. The van der Waals surface area contributed by atoms with Crippen molar-refractivity contribution in [1.82, 2.24) is 4.57 Å². The van der Waals surface area contributed by atoms with Crippen molar-refractivity contribution in [1.29, 1.82) is 0 Å². The summed E-state index contributed by atoms with van der Waals surface area (Å²) in [5, 5.41) is 0.840. The van der Waals surface area contributed by atoms with Crippen molar-refractivity contribution in [3.05, 3.63) is 102 Å². The number of carbonyl (C=O) groups is 1. The summed E-state index contributed by atoms with van der Waals surface area (Å²) in [6, 6.07) is 24.7. The van der Waals surface area contributed by atoms with E-state index in [2.05, 4.69) is 0 Å². The first-order valence-corrected chi connectivity index (χ1v) is 9.44. The molecule has 5 rings (SSSR count). The number of halogens is 1. The Labute approximate surface area is 162 Å². The maximum Gasteiger partial charge on any atom is 0.275 e. The van der Waals surface area contributed by atoms with Crippen molar-refractivity contribution in [2.45, 2.75) is 13.0 Å². The molecule has 4 aromatic rings. The van der Waals surface area contributed by atoms with Gasteiger partial charge in [-0.15, -0.1) is 0 Å². The van der Waals surface area contributed by atoms with Crippen molar-refractivity contribution in [3.63, 3.8) is 0 Å². The molecule has 3 aromatic carbocycles. The summed E-state index contributed by atoms with van der Waals surface area (Å²) in [5.41, 5.74) is 3.96. The minimum atomic E-state index is -0.290. The third-order valence-electron chi connectivity index (χ3n) is 5.42.